The molecule has 1 radical (unpaired) electrons. The first-order valence-electron chi connectivity index (χ1n) is 4.25. The first kappa shape index (κ1) is 12.7. The third-order valence-electron chi connectivity index (χ3n) is 1.70. The highest BCUT2D eigenvalue weighted by atomic mass is 32.2. The number of rotatable bonds is 4. The molecule has 0 saturated heterocycles. The zero-order valence-corrected chi connectivity index (χ0v) is 9.02. The van der Waals surface area contributed by atoms with Gasteiger partial charge in [0.1, 0.15) is 5.75 Å². The van der Waals surface area contributed by atoms with Crippen LogP contribution in [-0.2, 0) is 10.1 Å². The Kier molecular flexibility index (Phi) is 4.03. The van der Waals surface area contributed by atoms with Gasteiger partial charge in [-0.1, -0.05) is 18.2 Å². The average Bonchev–Trinajstić information content (AvgIpc) is 2.25. The summed E-state index contributed by atoms with van der Waals surface area (Å²) in [7, 11) is -4.57. The van der Waals surface area contributed by atoms with E-state index in [2.05, 4.69) is 6.92 Å². The summed E-state index contributed by atoms with van der Waals surface area (Å²) in [5.41, 5.74) is -2.31. The number of para-hydroxylation sites is 1. The monoisotopic (exact) mass is 245 g/mol. The van der Waals surface area contributed by atoms with Gasteiger partial charge in [-0.2, -0.15) is 8.42 Å². The van der Waals surface area contributed by atoms with E-state index in [4.69, 9.17) is 9.29 Å². The minimum atomic E-state index is -4.57. The second-order valence-corrected chi connectivity index (χ2v) is 4.42. The molecule has 1 N–H and O–H groups in total. The van der Waals surface area contributed by atoms with Crippen LogP contribution < -0.4 is 4.74 Å². The van der Waals surface area contributed by atoms with Gasteiger partial charge in [-0.05, 0) is 19.1 Å². The molecule has 0 saturated carbocycles. The Balaban J connectivity index is 2.98. The van der Waals surface area contributed by atoms with Crippen LogP contribution in [0.1, 0.15) is 0 Å². The van der Waals surface area contributed by atoms with Crippen molar-refractivity contribution in [1.82, 2.24) is 0 Å². The van der Waals surface area contributed by atoms with Crippen molar-refractivity contribution < 1.29 is 22.1 Å². The van der Waals surface area contributed by atoms with E-state index in [1.807, 2.05) is 0 Å². The second-order valence-electron chi connectivity index (χ2n) is 2.96. The van der Waals surface area contributed by atoms with E-state index in [-0.39, 0.29) is 12.1 Å². The van der Waals surface area contributed by atoms with E-state index >= 15 is 0 Å². The Hall–Kier alpha value is -1.40. The molecule has 1 rings (SSSR count). The third kappa shape index (κ3) is 3.32. The second kappa shape index (κ2) is 5.09. The lowest BCUT2D eigenvalue weighted by Gasteiger charge is -2.15. The molecule has 16 heavy (non-hydrogen) atoms. The van der Waals surface area contributed by atoms with E-state index in [1.165, 1.54) is 12.1 Å². The number of hydrogen-bond acceptors (Lipinski definition) is 3. The Labute approximate surface area is 93.1 Å². The molecule has 0 heterocycles. The van der Waals surface area contributed by atoms with Gasteiger partial charge in [-0.15, -0.1) is 0 Å². The summed E-state index contributed by atoms with van der Waals surface area (Å²) in [6.45, 7) is 3.14. The summed E-state index contributed by atoms with van der Waals surface area (Å²) in [5.74, 6) is 0.188. The molecule has 0 fully saturated rings. The first-order chi connectivity index (χ1) is 7.45. The summed E-state index contributed by atoms with van der Waals surface area (Å²) in [6.07, 6.45) is -0.0264. The standard InChI is InChI=1S/C10H10FO4S/c1-8(7-11)10(16(12,13)14)15-9-5-3-2-4-6-9/h2-7,10H,1H2,(H,12,13,14)/b8-7+. The fourth-order valence-electron chi connectivity index (χ4n) is 1.00. The van der Waals surface area contributed by atoms with Crippen LogP contribution in [0.3, 0.4) is 0 Å². The first-order valence-corrected chi connectivity index (χ1v) is 5.75. The highest BCUT2D eigenvalue weighted by Crippen LogP contribution is 2.18. The molecule has 87 valence electrons. The minimum absolute atomic E-state index is 0.0264. The van der Waals surface area contributed by atoms with Crippen molar-refractivity contribution in [2.75, 3.05) is 0 Å². The third-order valence-corrected chi connectivity index (χ3v) is 2.64. The molecule has 0 aliphatic rings. The lowest BCUT2D eigenvalue weighted by molar-refractivity contribution is 0.288. The molecule has 0 spiro atoms. The maximum atomic E-state index is 12.2. The quantitative estimate of drug-likeness (QED) is 0.824. The summed E-state index contributed by atoms with van der Waals surface area (Å²) >= 11 is 0. The molecular formula is C10H10FO4S. The summed E-state index contributed by atoms with van der Waals surface area (Å²) in [4.78, 5) is 0. The molecule has 0 bridgehead atoms. The van der Waals surface area contributed by atoms with E-state index in [0.717, 1.165) is 0 Å². The van der Waals surface area contributed by atoms with Crippen molar-refractivity contribution in [1.29, 1.82) is 0 Å². The molecule has 4 nitrogen and oxygen atoms in total. The number of halogens is 1. The van der Waals surface area contributed by atoms with Crippen molar-refractivity contribution >= 4 is 10.1 Å². The molecule has 6 heteroatoms. The number of benzene rings is 1. The van der Waals surface area contributed by atoms with Crippen LogP contribution in [0.4, 0.5) is 4.39 Å². The molecule has 0 aromatic heterocycles. The van der Waals surface area contributed by atoms with Crippen LogP contribution in [0, 0.1) is 6.92 Å². The van der Waals surface area contributed by atoms with Gasteiger partial charge in [0.15, 0.2) is 0 Å². The van der Waals surface area contributed by atoms with Crippen LogP contribution in [-0.4, -0.2) is 18.4 Å². The van der Waals surface area contributed by atoms with E-state index in [9.17, 15) is 12.8 Å². The van der Waals surface area contributed by atoms with Gasteiger partial charge in [-0.3, -0.25) is 4.55 Å². The van der Waals surface area contributed by atoms with Gasteiger partial charge in [0.05, 0.1) is 6.33 Å². The molecule has 0 aliphatic heterocycles. The Bertz CT molecular complexity index is 467. The van der Waals surface area contributed by atoms with Crippen LogP contribution in [0.2, 0.25) is 0 Å². The zero-order valence-electron chi connectivity index (χ0n) is 8.21. The van der Waals surface area contributed by atoms with Gasteiger partial charge in [-0.25, -0.2) is 4.39 Å². The van der Waals surface area contributed by atoms with E-state index < -0.39 is 21.1 Å². The van der Waals surface area contributed by atoms with Crippen LogP contribution in [0.25, 0.3) is 0 Å². The summed E-state index contributed by atoms with van der Waals surface area (Å²) < 4.78 is 47.8. The highest BCUT2D eigenvalue weighted by molar-refractivity contribution is 7.86. The number of hydrogen-bond donors (Lipinski definition) is 1. The van der Waals surface area contributed by atoms with Gasteiger partial charge < -0.3 is 4.74 Å². The topological polar surface area (TPSA) is 63.6 Å². The Morgan fingerprint density at radius 3 is 2.44 bits per heavy atom. The van der Waals surface area contributed by atoms with Crippen LogP contribution >= 0.6 is 0 Å². The van der Waals surface area contributed by atoms with Gasteiger partial charge >= 0.3 is 10.1 Å². The Morgan fingerprint density at radius 2 is 2.00 bits per heavy atom. The molecule has 0 amide bonds. The van der Waals surface area contributed by atoms with Gasteiger partial charge in [0.25, 0.3) is 0 Å². The van der Waals surface area contributed by atoms with E-state index in [1.54, 1.807) is 18.2 Å². The summed E-state index contributed by atoms with van der Waals surface area (Å²) in [5, 5.41) is 0. The summed E-state index contributed by atoms with van der Waals surface area (Å²) in [6, 6.07) is 7.87. The molecular weight excluding hydrogens is 235 g/mol. The van der Waals surface area contributed by atoms with Crippen LogP contribution in [0.15, 0.2) is 42.2 Å². The molecule has 1 unspecified atom stereocenters. The van der Waals surface area contributed by atoms with Crippen LogP contribution in [0.5, 0.6) is 5.75 Å². The largest absolute Gasteiger partial charge is 0.467 e. The smallest absolute Gasteiger partial charge is 0.307 e. The fourth-order valence-corrected chi connectivity index (χ4v) is 1.67. The average molecular weight is 245 g/mol. The predicted octanol–water partition coefficient (Wildman–Crippen LogP) is 1.97. The van der Waals surface area contributed by atoms with Crippen molar-refractivity contribution in [3.63, 3.8) is 0 Å². The predicted molar refractivity (Wildman–Crippen MR) is 57.0 cm³/mol. The molecule has 1 atom stereocenters. The van der Waals surface area contributed by atoms with Crippen molar-refractivity contribution in [2.24, 2.45) is 0 Å². The SMILES string of the molecule is [CH2]/C(=C\F)C(Oc1ccccc1)S(=O)(=O)O. The van der Waals surface area contributed by atoms with Gasteiger partial charge in [0, 0.05) is 5.57 Å². The lowest BCUT2D eigenvalue weighted by Crippen LogP contribution is -2.28. The highest BCUT2D eigenvalue weighted by Gasteiger charge is 2.27. The van der Waals surface area contributed by atoms with Crippen molar-refractivity contribution in [3.8, 4) is 5.75 Å². The zero-order chi connectivity index (χ0) is 12.2. The molecule has 0 aliphatic carbocycles. The maximum absolute atomic E-state index is 12.2. The fraction of sp³-hybridized carbons (Fsp3) is 0.100. The van der Waals surface area contributed by atoms with Crippen molar-refractivity contribution in [3.05, 3.63) is 49.2 Å². The lowest BCUT2D eigenvalue weighted by atomic mass is 10.3. The van der Waals surface area contributed by atoms with E-state index in [0.29, 0.717) is 0 Å². The normalized spacial score (nSPS) is 14.6. The molecule has 1 aromatic carbocycles. The van der Waals surface area contributed by atoms with Gasteiger partial charge in [0.2, 0.25) is 5.44 Å². The maximum Gasteiger partial charge on any atom is 0.307 e. The van der Waals surface area contributed by atoms with Crippen molar-refractivity contribution in [2.45, 2.75) is 5.44 Å². The Morgan fingerprint density at radius 1 is 1.44 bits per heavy atom. The minimum Gasteiger partial charge on any atom is -0.467 e. The molecule has 1 aromatic rings. The number of ether oxygens (including phenoxy) is 1.